The number of primary amides is 1. The Kier molecular flexibility index (Phi) is 3.02. The van der Waals surface area contributed by atoms with Crippen LogP contribution in [0.3, 0.4) is 0 Å². The lowest BCUT2D eigenvalue weighted by Crippen LogP contribution is -2.34. The number of thioether (sulfide) groups is 1. The van der Waals surface area contributed by atoms with Crippen molar-refractivity contribution in [2.45, 2.75) is 0 Å². The second-order valence-electron chi connectivity index (χ2n) is 4.34. The highest BCUT2D eigenvalue weighted by Gasteiger charge is 2.20. The zero-order valence-corrected chi connectivity index (χ0v) is 11.4. The Hall–Kier alpha value is -1.83. The van der Waals surface area contributed by atoms with E-state index in [0.717, 1.165) is 35.8 Å². The Morgan fingerprint density at radius 2 is 2.11 bits per heavy atom. The highest BCUT2D eigenvalue weighted by Crippen LogP contribution is 2.25. The van der Waals surface area contributed by atoms with Gasteiger partial charge in [0.05, 0.1) is 11.6 Å². The van der Waals surface area contributed by atoms with Crippen molar-refractivity contribution in [3.63, 3.8) is 0 Å². The van der Waals surface area contributed by atoms with Crippen molar-refractivity contribution in [3.8, 4) is 0 Å². The van der Waals surface area contributed by atoms with Crippen LogP contribution in [0.15, 0.2) is 6.20 Å². The first-order chi connectivity index (χ1) is 9.16. The summed E-state index contributed by atoms with van der Waals surface area (Å²) >= 11 is 1.92. The summed E-state index contributed by atoms with van der Waals surface area (Å²) in [5, 5.41) is 5.04. The Labute approximate surface area is 114 Å². The van der Waals surface area contributed by atoms with E-state index in [1.54, 1.807) is 17.9 Å². The summed E-state index contributed by atoms with van der Waals surface area (Å²) in [6, 6.07) is 0. The van der Waals surface area contributed by atoms with Crippen molar-refractivity contribution in [2.24, 2.45) is 12.8 Å². The average molecular weight is 278 g/mol. The molecule has 1 saturated heterocycles. The molecule has 3 rings (SSSR count). The van der Waals surface area contributed by atoms with Crippen molar-refractivity contribution in [1.82, 2.24) is 19.7 Å². The van der Waals surface area contributed by atoms with Crippen LogP contribution in [-0.2, 0) is 7.05 Å². The third-order valence-corrected chi connectivity index (χ3v) is 4.05. The predicted molar refractivity (Wildman–Crippen MR) is 74.4 cm³/mol. The van der Waals surface area contributed by atoms with Crippen molar-refractivity contribution in [2.75, 3.05) is 29.5 Å². The van der Waals surface area contributed by atoms with Gasteiger partial charge in [-0.25, -0.2) is 9.97 Å². The lowest BCUT2D eigenvalue weighted by Gasteiger charge is -2.27. The summed E-state index contributed by atoms with van der Waals surface area (Å²) in [6.45, 7) is 1.81. The minimum absolute atomic E-state index is 0.0457. The Morgan fingerprint density at radius 3 is 2.79 bits per heavy atom. The molecule has 2 N–H and O–H groups in total. The summed E-state index contributed by atoms with van der Waals surface area (Å²) in [6.07, 6.45) is 1.73. The average Bonchev–Trinajstić information content (AvgIpc) is 2.80. The largest absolute Gasteiger partial charge is 0.363 e. The zero-order chi connectivity index (χ0) is 13.4. The summed E-state index contributed by atoms with van der Waals surface area (Å²) < 4.78 is 1.63. The van der Waals surface area contributed by atoms with Crippen LogP contribution < -0.4 is 10.6 Å². The first-order valence-corrected chi connectivity index (χ1v) is 7.14. The maximum absolute atomic E-state index is 11.4. The molecule has 1 amide bonds. The molecule has 0 saturated carbocycles. The molecule has 0 atom stereocenters. The van der Waals surface area contributed by atoms with E-state index in [1.165, 1.54) is 0 Å². The number of carbonyl (C=O) groups excluding carboxylic acids is 1. The van der Waals surface area contributed by atoms with Gasteiger partial charge in [0.2, 0.25) is 5.82 Å². The quantitative estimate of drug-likeness (QED) is 0.832. The highest BCUT2D eigenvalue weighted by molar-refractivity contribution is 7.99. The molecule has 0 radical (unpaired) electrons. The van der Waals surface area contributed by atoms with Gasteiger partial charge in [0.15, 0.2) is 5.65 Å². The maximum Gasteiger partial charge on any atom is 0.286 e. The maximum atomic E-state index is 11.4. The number of aryl methyl sites for hydroxylation is 1. The standard InChI is InChI=1S/C11H14N6OS/c1-16-10-7(6-13-16)11(15-9(14-10)8(12)18)17-2-4-19-5-3-17/h6H,2-5H2,1H3,(H2,12,18). The van der Waals surface area contributed by atoms with Crippen molar-refractivity contribution in [3.05, 3.63) is 12.0 Å². The smallest absolute Gasteiger partial charge is 0.286 e. The van der Waals surface area contributed by atoms with Crippen LogP contribution >= 0.6 is 11.8 Å². The number of fused-ring (bicyclic) bond motifs is 1. The fourth-order valence-electron chi connectivity index (χ4n) is 2.13. The second kappa shape index (κ2) is 4.69. The van der Waals surface area contributed by atoms with Gasteiger partial charge >= 0.3 is 0 Å². The van der Waals surface area contributed by atoms with Gasteiger partial charge in [-0.15, -0.1) is 0 Å². The van der Waals surface area contributed by atoms with Gasteiger partial charge < -0.3 is 10.6 Å². The lowest BCUT2D eigenvalue weighted by atomic mass is 10.3. The molecule has 100 valence electrons. The first kappa shape index (κ1) is 12.2. The second-order valence-corrected chi connectivity index (χ2v) is 5.56. The summed E-state index contributed by atoms with van der Waals surface area (Å²) in [7, 11) is 1.79. The summed E-state index contributed by atoms with van der Waals surface area (Å²) in [5.74, 6) is 2.29. The minimum Gasteiger partial charge on any atom is -0.363 e. The van der Waals surface area contributed by atoms with Crippen LogP contribution in [0, 0.1) is 0 Å². The van der Waals surface area contributed by atoms with Crippen molar-refractivity contribution >= 4 is 34.5 Å². The molecule has 0 aromatic carbocycles. The molecule has 19 heavy (non-hydrogen) atoms. The van der Waals surface area contributed by atoms with E-state index in [0.29, 0.717) is 5.65 Å². The van der Waals surface area contributed by atoms with E-state index in [2.05, 4.69) is 20.0 Å². The third-order valence-electron chi connectivity index (χ3n) is 3.10. The Balaban J connectivity index is 2.17. The first-order valence-electron chi connectivity index (χ1n) is 5.99. The molecule has 2 aromatic rings. The van der Waals surface area contributed by atoms with Gasteiger partial charge in [0, 0.05) is 31.6 Å². The number of hydrogen-bond donors (Lipinski definition) is 1. The molecule has 3 heterocycles. The number of nitrogens with zero attached hydrogens (tertiary/aromatic N) is 5. The number of nitrogens with two attached hydrogens (primary N) is 1. The lowest BCUT2D eigenvalue weighted by molar-refractivity contribution is 0.0991. The number of hydrogen-bond acceptors (Lipinski definition) is 6. The van der Waals surface area contributed by atoms with E-state index in [9.17, 15) is 4.79 Å². The van der Waals surface area contributed by atoms with Crippen LogP contribution in [0.5, 0.6) is 0 Å². The van der Waals surface area contributed by atoms with E-state index in [4.69, 9.17) is 5.73 Å². The highest BCUT2D eigenvalue weighted by atomic mass is 32.2. The van der Waals surface area contributed by atoms with Crippen molar-refractivity contribution in [1.29, 1.82) is 0 Å². The molecule has 1 fully saturated rings. The minimum atomic E-state index is -0.615. The zero-order valence-electron chi connectivity index (χ0n) is 10.5. The van der Waals surface area contributed by atoms with Gasteiger partial charge in [-0.05, 0) is 0 Å². The Bertz CT molecular complexity index is 633. The fourth-order valence-corrected chi connectivity index (χ4v) is 3.04. The third kappa shape index (κ3) is 2.12. The van der Waals surface area contributed by atoms with Gasteiger partial charge in [-0.3, -0.25) is 9.48 Å². The van der Waals surface area contributed by atoms with Crippen LogP contribution in [0.25, 0.3) is 11.0 Å². The normalized spacial score (nSPS) is 15.9. The van der Waals surface area contributed by atoms with Crippen LogP contribution in [0.4, 0.5) is 5.82 Å². The number of anilines is 1. The molecule has 0 bridgehead atoms. The van der Waals surface area contributed by atoms with E-state index < -0.39 is 5.91 Å². The number of rotatable bonds is 2. The molecule has 8 heteroatoms. The fraction of sp³-hybridized carbons (Fsp3) is 0.455. The molecule has 7 nitrogen and oxygen atoms in total. The molecular formula is C11H14N6OS. The van der Waals surface area contributed by atoms with E-state index >= 15 is 0 Å². The van der Waals surface area contributed by atoms with E-state index in [1.807, 2.05) is 11.8 Å². The number of amides is 1. The molecule has 2 aromatic heterocycles. The topological polar surface area (TPSA) is 89.9 Å². The number of aromatic nitrogens is 4. The van der Waals surface area contributed by atoms with Gasteiger partial charge in [-0.2, -0.15) is 16.9 Å². The molecular weight excluding hydrogens is 264 g/mol. The molecule has 1 aliphatic rings. The molecule has 0 aliphatic carbocycles. The summed E-state index contributed by atoms with van der Waals surface area (Å²) in [5.41, 5.74) is 5.94. The number of carbonyl (C=O) groups is 1. The molecule has 1 aliphatic heterocycles. The molecule has 0 spiro atoms. The van der Waals surface area contributed by atoms with Crippen LogP contribution in [-0.4, -0.2) is 50.3 Å². The van der Waals surface area contributed by atoms with Gasteiger partial charge in [0.1, 0.15) is 5.82 Å². The van der Waals surface area contributed by atoms with Crippen LogP contribution in [0.1, 0.15) is 10.6 Å². The van der Waals surface area contributed by atoms with Gasteiger partial charge in [-0.1, -0.05) is 0 Å². The summed E-state index contributed by atoms with van der Waals surface area (Å²) in [4.78, 5) is 22.0. The SMILES string of the molecule is Cn1ncc2c(N3CCSCC3)nc(C(N)=O)nc21. The monoisotopic (exact) mass is 278 g/mol. The molecule has 0 unspecified atom stereocenters. The van der Waals surface area contributed by atoms with Crippen LogP contribution in [0.2, 0.25) is 0 Å². The van der Waals surface area contributed by atoms with E-state index in [-0.39, 0.29) is 5.82 Å². The predicted octanol–water partition coefficient (Wildman–Crippen LogP) is 0.0154. The van der Waals surface area contributed by atoms with Crippen molar-refractivity contribution < 1.29 is 4.79 Å². The van der Waals surface area contributed by atoms with Gasteiger partial charge in [0.25, 0.3) is 5.91 Å². The Morgan fingerprint density at radius 1 is 1.37 bits per heavy atom.